The molecule has 2 N–H and O–H groups in total. The van der Waals surface area contributed by atoms with Gasteiger partial charge in [-0.25, -0.2) is 5.43 Å². The number of anilines is 2. The minimum absolute atomic E-state index is 0.0791. The third-order valence-corrected chi connectivity index (χ3v) is 3.88. The van der Waals surface area contributed by atoms with E-state index < -0.39 is 5.41 Å². The fraction of sp³-hybridized carbons (Fsp3) is 0.286. The maximum atomic E-state index is 12.2. The maximum Gasteiger partial charge on any atom is 0.271 e. The number of hydrogen-bond acceptors (Lipinski definition) is 4. The average Bonchev–Trinajstić information content (AvgIpc) is 2.62. The summed E-state index contributed by atoms with van der Waals surface area (Å²) < 4.78 is 0. The third-order valence-electron chi connectivity index (χ3n) is 3.88. The summed E-state index contributed by atoms with van der Waals surface area (Å²) in [4.78, 5) is 26.1. The van der Waals surface area contributed by atoms with Crippen LogP contribution in [0.5, 0.6) is 0 Å². The van der Waals surface area contributed by atoms with Crippen LogP contribution in [0.1, 0.15) is 36.7 Å². The number of nitrogens with zero attached hydrogens (tertiary/aromatic N) is 2. The number of benzene rings is 2. The zero-order valence-corrected chi connectivity index (χ0v) is 16.4. The van der Waals surface area contributed by atoms with E-state index in [4.69, 9.17) is 0 Å². The van der Waals surface area contributed by atoms with Crippen molar-refractivity contribution in [1.29, 1.82) is 0 Å². The first-order valence-electron chi connectivity index (χ1n) is 8.69. The molecule has 6 heteroatoms. The van der Waals surface area contributed by atoms with Gasteiger partial charge in [-0.2, -0.15) is 5.10 Å². The van der Waals surface area contributed by atoms with Crippen LogP contribution in [0.15, 0.2) is 53.6 Å². The highest BCUT2D eigenvalue weighted by atomic mass is 16.2. The van der Waals surface area contributed by atoms with Crippen LogP contribution in [0.3, 0.4) is 0 Å². The molecule has 0 radical (unpaired) electrons. The molecule has 0 aliphatic carbocycles. The summed E-state index contributed by atoms with van der Waals surface area (Å²) in [6.07, 6.45) is 1.59. The molecule has 0 aliphatic heterocycles. The molecule has 27 heavy (non-hydrogen) atoms. The highest BCUT2D eigenvalue weighted by Crippen LogP contribution is 2.17. The highest BCUT2D eigenvalue weighted by molar-refractivity contribution is 5.97. The van der Waals surface area contributed by atoms with Crippen molar-refractivity contribution in [2.24, 2.45) is 10.5 Å². The summed E-state index contributed by atoms with van der Waals surface area (Å²) in [7, 11) is 3.95. The van der Waals surface area contributed by atoms with Gasteiger partial charge in [0.2, 0.25) is 5.91 Å². The average molecular weight is 366 g/mol. The molecule has 0 bridgehead atoms. The summed E-state index contributed by atoms with van der Waals surface area (Å²) in [6.45, 7) is 5.53. The van der Waals surface area contributed by atoms with Crippen molar-refractivity contribution in [3.8, 4) is 0 Å². The molecule has 142 valence electrons. The Morgan fingerprint density at radius 1 is 0.963 bits per heavy atom. The lowest BCUT2D eigenvalue weighted by Crippen LogP contribution is -2.27. The first-order valence-corrected chi connectivity index (χ1v) is 8.69. The van der Waals surface area contributed by atoms with E-state index >= 15 is 0 Å². The Balaban J connectivity index is 1.93. The molecule has 0 fully saturated rings. The van der Waals surface area contributed by atoms with Crippen LogP contribution in [0.2, 0.25) is 0 Å². The Morgan fingerprint density at radius 3 is 2.07 bits per heavy atom. The van der Waals surface area contributed by atoms with E-state index in [1.807, 2.05) is 64.0 Å². The van der Waals surface area contributed by atoms with Gasteiger partial charge in [-0.1, -0.05) is 32.9 Å². The highest BCUT2D eigenvalue weighted by Gasteiger charge is 2.21. The fourth-order valence-electron chi connectivity index (χ4n) is 2.11. The molecule has 0 aliphatic rings. The van der Waals surface area contributed by atoms with Crippen molar-refractivity contribution >= 4 is 29.4 Å². The molecule has 6 nitrogen and oxygen atoms in total. The van der Waals surface area contributed by atoms with Gasteiger partial charge in [-0.05, 0) is 42.0 Å². The molecule has 0 unspecified atom stereocenters. The van der Waals surface area contributed by atoms with E-state index in [9.17, 15) is 9.59 Å². The smallest absolute Gasteiger partial charge is 0.271 e. The van der Waals surface area contributed by atoms with Crippen LogP contribution < -0.4 is 15.6 Å². The van der Waals surface area contributed by atoms with Crippen molar-refractivity contribution in [1.82, 2.24) is 5.43 Å². The van der Waals surface area contributed by atoms with Crippen molar-refractivity contribution in [3.63, 3.8) is 0 Å². The van der Waals surface area contributed by atoms with E-state index in [0.29, 0.717) is 11.3 Å². The summed E-state index contributed by atoms with van der Waals surface area (Å²) in [5, 5.41) is 6.81. The fourth-order valence-corrected chi connectivity index (χ4v) is 2.11. The molecule has 0 heterocycles. The second kappa shape index (κ2) is 8.49. The molecule has 2 amide bonds. The minimum atomic E-state index is -0.477. The van der Waals surface area contributed by atoms with Crippen molar-refractivity contribution in [2.45, 2.75) is 20.8 Å². The van der Waals surface area contributed by atoms with Crippen LogP contribution in [-0.2, 0) is 4.79 Å². The van der Waals surface area contributed by atoms with Crippen molar-refractivity contribution < 1.29 is 9.59 Å². The Hall–Kier alpha value is -3.15. The molecule has 2 aromatic rings. The van der Waals surface area contributed by atoms with E-state index in [1.54, 1.807) is 30.5 Å². The van der Waals surface area contributed by atoms with Gasteiger partial charge in [0.05, 0.1) is 6.21 Å². The number of hydrogen-bond donors (Lipinski definition) is 2. The molecule has 0 aromatic heterocycles. The molecule has 0 spiro atoms. The summed E-state index contributed by atoms with van der Waals surface area (Å²) >= 11 is 0. The maximum absolute atomic E-state index is 12.2. The molecular weight excluding hydrogens is 340 g/mol. The van der Waals surface area contributed by atoms with Gasteiger partial charge in [0.1, 0.15) is 0 Å². The Morgan fingerprint density at radius 2 is 1.56 bits per heavy atom. The first-order chi connectivity index (χ1) is 12.7. The van der Waals surface area contributed by atoms with Gasteiger partial charge in [-0.3, -0.25) is 9.59 Å². The number of rotatable bonds is 5. The first kappa shape index (κ1) is 20.2. The van der Waals surface area contributed by atoms with Crippen LogP contribution in [0.25, 0.3) is 0 Å². The molecule has 2 rings (SSSR count). The van der Waals surface area contributed by atoms with E-state index in [2.05, 4.69) is 15.8 Å². The van der Waals surface area contributed by atoms with Crippen LogP contribution in [0, 0.1) is 5.41 Å². The SMILES string of the molecule is CN(C)c1ccc(/C=N\NC(=O)c2ccc(NC(=O)C(C)(C)C)cc2)cc1. The van der Waals surface area contributed by atoms with Gasteiger partial charge in [0.15, 0.2) is 0 Å². The Bertz CT molecular complexity index is 817. The van der Waals surface area contributed by atoms with Gasteiger partial charge >= 0.3 is 0 Å². The number of hydrazone groups is 1. The second-order valence-corrected chi connectivity index (χ2v) is 7.47. The number of carbonyl (C=O) groups excluding carboxylic acids is 2. The summed E-state index contributed by atoms with van der Waals surface area (Å²) in [6, 6.07) is 14.5. The van der Waals surface area contributed by atoms with Gasteiger partial charge < -0.3 is 10.2 Å². The van der Waals surface area contributed by atoms with Crippen molar-refractivity contribution in [2.75, 3.05) is 24.3 Å². The lowest BCUT2D eigenvalue weighted by Gasteiger charge is -2.17. The lowest BCUT2D eigenvalue weighted by atomic mass is 9.95. The molecule has 0 saturated carbocycles. The monoisotopic (exact) mass is 366 g/mol. The number of carbonyl (C=O) groups is 2. The quantitative estimate of drug-likeness (QED) is 0.628. The van der Waals surface area contributed by atoms with Gasteiger partial charge in [-0.15, -0.1) is 0 Å². The van der Waals surface area contributed by atoms with E-state index in [-0.39, 0.29) is 11.8 Å². The summed E-state index contributed by atoms with van der Waals surface area (Å²) in [5.41, 5.74) is 5.12. The largest absolute Gasteiger partial charge is 0.378 e. The van der Waals surface area contributed by atoms with E-state index in [0.717, 1.165) is 11.3 Å². The normalized spacial score (nSPS) is 11.3. The topological polar surface area (TPSA) is 73.8 Å². The molecule has 2 aromatic carbocycles. The molecule has 0 saturated heterocycles. The van der Waals surface area contributed by atoms with E-state index in [1.165, 1.54) is 0 Å². The molecular formula is C21H26N4O2. The zero-order chi connectivity index (χ0) is 20.0. The lowest BCUT2D eigenvalue weighted by molar-refractivity contribution is -0.123. The van der Waals surface area contributed by atoms with Crippen LogP contribution in [-0.4, -0.2) is 32.1 Å². The zero-order valence-electron chi connectivity index (χ0n) is 16.4. The number of amides is 2. The Kier molecular flexibility index (Phi) is 6.34. The third kappa shape index (κ3) is 5.95. The predicted molar refractivity (Wildman–Crippen MR) is 110 cm³/mol. The predicted octanol–water partition coefficient (Wildman–Crippen LogP) is 3.50. The van der Waals surface area contributed by atoms with Crippen LogP contribution in [0.4, 0.5) is 11.4 Å². The Labute approximate surface area is 160 Å². The summed E-state index contributed by atoms with van der Waals surface area (Å²) in [5.74, 6) is -0.394. The van der Waals surface area contributed by atoms with Gasteiger partial charge in [0, 0.05) is 36.4 Å². The van der Waals surface area contributed by atoms with Crippen LogP contribution >= 0.6 is 0 Å². The van der Waals surface area contributed by atoms with Crippen molar-refractivity contribution in [3.05, 3.63) is 59.7 Å². The minimum Gasteiger partial charge on any atom is -0.378 e. The molecule has 0 atom stereocenters. The van der Waals surface area contributed by atoms with Gasteiger partial charge in [0.25, 0.3) is 5.91 Å². The standard InChI is InChI=1S/C21H26N4O2/c1-21(2,3)20(27)23-17-10-8-16(9-11-17)19(26)24-22-14-15-6-12-18(13-7-15)25(4)5/h6-14H,1-5H3,(H,23,27)(H,24,26)/b22-14-. The second-order valence-electron chi connectivity index (χ2n) is 7.47. The number of nitrogens with one attached hydrogen (secondary N) is 2.